The quantitative estimate of drug-likeness (QED) is 0.383. The second kappa shape index (κ2) is 4.94. The number of nitrogens with two attached hydrogens (primary N) is 3. The molecule has 0 saturated carbocycles. The summed E-state index contributed by atoms with van der Waals surface area (Å²) in [4.78, 5) is 20.9. The Hall–Kier alpha value is -1.94. The van der Waals surface area contributed by atoms with Crippen LogP contribution in [-0.4, -0.2) is 16.7 Å². The summed E-state index contributed by atoms with van der Waals surface area (Å²) in [7, 11) is 0. The van der Waals surface area contributed by atoms with E-state index in [-0.39, 0.29) is 22.6 Å². The molecule has 0 rings (SSSR count). The Morgan fingerprint density at radius 3 is 2.07 bits per heavy atom. The number of primary amides is 2. The largest absolute Gasteiger partial charge is 0.401 e. The standard InChI is InChI=1S/C7H8N4O2S/c8-2-4(14)6(7(11)13)3(9)1-5(10)12/h1,9H2,(H2,10,12)(H2,11,13). The van der Waals surface area contributed by atoms with Gasteiger partial charge in [-0.25, -0.2) is 0 Å². The van der Waals surface area contributed by atoms with Crippen molar-refractivity contribution in [2.24, 2.45) is 17.2 Å². The normalized spacial score (nSPS) is 11.1. The lowest BCUT2D eigenvalue weighted by molar-refractivity contribution is -0.117. The van der Waals surface area contributed by atoms with Gasteiger partial charge in [0.05, 0.1) is 12.0 Å². The third-order valence-corrected chi connectivity index (χ3v) is 1.56. The summed E-state index contributed by atoms with van der Waals surface area (Å²) in [5.41, 5.74) is 14.6. The molecule has 74 valence electrons. The first-order valence-electron chi connectivity index (χ1n) is 3.41. The van der Waals surface area contributed by atoms with E-state index in [0.29, 0.717) is 0 Å². The number of hydrogen-bond donors (Lipinski definition) is 3. The Bertz CT molecular complexity index is 366. The van der Waals surface area contributed by atoms with E-state index in [2.05, 4.69) is 12.2 Å². The lowest BCUT2D eigenvalue weighted by atomic mass is 10.1. The van der Waals surface area contributed by atoms with Gasteiger partial charge in [0, 0.05) is 5.70 Å². The lowest BCUT2D eigenvalue weighted by Gasteiger charge is -2.03. The van der Waals surface area contributed by atoms with Gasteiger partial charge < -0.3 is 17.2 Å². The van der Waals surface area contributed by atoms with Crippen molar-refractivity contribution in [2.75, 3.05) is 0 Å². The molecule has 0 fully saturated rings. The molecule has 0 saturated heterocycles. The van der Waals surface area contributed by atoms with Crippen LogP contribution in [0.1, 0.15) is 6.42 Å². The fourth-order valence-electron chi connectivity index (χ4n) is 0.748. The molecule has 6 nitrogen and oxygen atoms in total. The highest BCUT2D eigenvalue weighted by molar-refractivity contribution is 7.81. The van der Waals surface area contributed by atoms with Gasteiger partial charge >= 0.3 is 0 Å². The Balaban J connectivity index is 5.18. The van der Waals surface area contributed by atoms with E-state index in [1.54, 1.807) is 6.07 Å². The number of rotatable bonds is 4. The van der Waals surface area contributed by atoms with Crippen molar-refractivity contribution in [2.45, 2.75) is 6.42 Å². The molecule has 0 aromatic carbocycles. The Labute approximate surface area is 85.3 Å². The number of hydrogen-bond acceptors (Lipinski definition) is 5. The predicted octanol–water partition coefficient (Wildman–Crippen LogP) is -1.55. The minimum atomic E-state index is -0.949. The van der Waals surface area contributed by atoms with Crippen LogP contribution in [0.4, 0.5) is 0 Å². The van der Waals surface area contributed by atoms with Crippen LogP contribution in [-0.2, 0) is 9.59 Å². The number of nitriles is 1. The highest BCUT2D eigenvalue weighted by Crippen LogP contribution is 2.05. The second-order valence-corrected chi connectivity index (χ2v) is 2.76. The fraction of sp³-hybridized carbons (Fsp3) is 0.143. The van der Waals surface area contributed by atoms with Gasteiger partial charge in [-0.15, -0.1) is 0 Å². The highest BCUT2D eigenvalue weighted by Gasteiger charge is 2.16. The minimum Gasteiger partial charge on any atom is -0.401 e. The molecule has 0 radical (unpaired) electrons. The van der Waals surface area contributed by atoms with Gasteiger partial charge in [-0.1, -0.05) is 12.2 Å². The molecular formula is C7H8N4O2S. The smallest absolute Gasteiger partial charge is 0.252 e. The molecule has 7 heteroatoms. The summed E-state index contributed by atoms with van der Waals surface area (Å²) >= 11 is 4.53. The molecule has 0 unspecified atom stereocenters. The number of carbonyl (C=O) groups excluding carboxylic acids is 2. The van der Waals surface area contributed by atoms with E-state index in [9.17, 15) is 9.59 Å². The average molecular weight is 212 g/mol. The van der Waals surface area contributed by atoms with E-state index in [1.165, 1.54) is 0 Å². The van der Waals surface area contributed by atoms with Crippen LogP contribution in [0, 0.1) is 11.3 Å². The molecule has 0 bridgehead atoms. The van der Waals surface area contributed by atoms with E-state index < -0.39 is 11.8 Å². The van der Waals surface area contributed by atoms with Gasteiger partial charge in [0.1, 0.15) is 10.9 Å². The molecule has 14 heavy (non-hydrogen) atoms. The summed E-state index contributed by atoms with van der Waals surface area (Å²) in [5, 5.41) is 8.43. The molecule has 0 aromatic rings. The second-order valence-electron chi connectivity index (χ2n) is 2.35. The SMILES string of the molecule is N#CC(=S)C(C(N)=O)=C(N)CC(N)=O. The summed E-state index contributed by atoms with van der Waals surface area (Å²) in [5.74, 6) is -1.68. The van der Waals surface area contributed by atoms with E-state index in [1.807, 2.05) is 0 Å². The van der Waals surface area contributed by atoms with Crippen molar-refractivity contribution in [3.8, 4) is 6.07 Å². The maximum Gasteiger partial charge on any atom is 0.252 e. The van der Waals surface area contributed by atoms with Gasteiger partial charge in [-0.2, -0.15) is 5.26 Å². The molecule has 0 aromatic heterocycles. The molecule has 2 amide bonds. The third-order valence-electron chi connectivity index (χ3n) is 1.26. The molecule has 0 heterocycles. The highest BCUT2D eigenvalue weighted by atomic mass is 32.1. The first-order valence-corrected chi connectivity index (χ1v) is 3.82. The van der Waals surface area contributed by atoms with Crippen LogP contribution in [0.2, 0.25) is 0 Å². The van der Waals surface area contributed by atoms with E-state index in [0.717, 1.165) is 0 Å². The van der Waals surface area contributed by atoms with Crippen LogP contribution >= 0.6 is 12.2 Å². The van der Waals surface area contributed by atoms with Crippen molar-refractivity contribution >= 4 is 28.9 Å². The van der Waals surface area contributed by atoms with Crippen molar-refractivity contribution in [3.05, 3.63) is 11.3 Å². The van der Waals surface area contributed by atoms with Crippen LogP contribution < -0.4 is 17.2 Å². The molecule has 0 aliphatic carbocycles. The summed E-state index contributed by atoms with van der Waals surface area (Å²) < 4.78 is 0. The predicted molar refractivity (Wildman–Crippen MR) is 52.4 cm³/mol. The lowest BCUT2D eigenvalue weighted by Crippen LogP contribution is -2.25. The molecule has 0 aliphatic rings. The molecular weight excluding hydrogens is 204 g/mol. The van der Waals surface area contributed by atoms with E-state index >= 15 is 0 Å². The van der Waals surface area contributed by atoms with E-state index in [4.69, 9.17) is 22.5 Å². The number of thiocarbonyl (C=S) groups is 1. The van der Waals surface area contributed by atoms with Crippen molar-refractivity contribution in [1.29, 1.82) is 5.26 Å². The van der Waals surface area contributed by atoms with Gasteiger partial charge in [0.2, 0.25) is 5.91 Å². The maximum absolute atomic E-state index is 10.8. The zero-order valence-electron chi connectivity index (χ0n) is 7.11. The number of nitrogens with zero attached hydrogens (tertiary/aromatic N) is 1. The minimum absolute atomic E-state index is 0.184. The van der Waals surface area contributed by atoms with Crippen molar-refractivity contribution in [3.63, 3.8) is 0 Å². The first-order chi connectivity index (χ1) is 6.40. The van der Waals surface area contributed by atoms with Gasteiger partial charge in [0.25, 0.3) is 5.91 Å². The molecule has 0 spiro atoms. The van der Waals surface area contributed by atoms with Crippen LogP contribution in [0.3, 0.4) is 0 Å². The van der Waals surface area contributed by atoms with Crippen LogP contribution in [0.5, 0.6) is 0 Å². The Morgan fingerprint density at radius 2 is 1.79 bits per heavy atom. The maximum atomic E-state index is 10.8. The Morgan fingerprint density at radius 1 is 1.29 bits per heavy atom. The number of carbonyl (C=O) groups is 2. The van der Waals surface area contributed by atoms with Gasteiger partial charge in [0.15, 0.2) is 0 Å². The van der Waals surface area contributed by atoms with Crippen molar-refractivity contribution in [1.82, 2.24) is 0 Å². The third kappa shape index (κ3) is 3.20. The summed E-state index contributed by atoms with van der Waals surface area (Å²) in [6, 6.07) is 1.54. The zero-order chi connectivity index (χ0) is 11.3. The molecule has 0 aliphatic heterocycles. The fourth-order valence-corrected chi connectivity index (χ4v) is 0.980. The van der Waals surface area contributed by atoms with Gasteiger partial charge in [-0.05, 0) is 0 Å². The molecule has 6 N–H and O–H groups in total. The van der Waals surface area contributed by atoms with Gasteiger partial charge in [-0.3, -0.25) is 9.59 Å². The van der Waals surface area contributed by atoms with Crippen molar-refractivity contribution < 1.29 is 9.59 Å². The Kier molecular flexibility index (Phi) is 4.25. The number of amides is 2. The zero-order valence-corrected chi connectivity index (χ0v) is 7.93. The first kappa shape index (κ1) is 12.1. The van der Waals surface area contributed by atoms with Crippen LogP contribution in [0.15, 0.2) is 11.3 Å². The molecule has 0 atom stereocenters. The topological polar surface area (TPSA) is 136 Å². The van der Waals surface area contributed by atoms with Crippen LogP contribution in [0.25, 0.3) is 0 Å². The monoisotopic (exact) mass is 212 g/mol. The summed E-state index contributed by atoms with van der Waals surface area (Å²) in [6.45, 7) is 0. The summed E-state index contributed by atoms with van der Waals surface area (Å²) in [6.07, 6.45) is -0.361. The average Bonchev–Trinajstić information content (AvgIpc) is 2.01.